The molecule has 0 fully saturated rings. The van der Waals surface area contributed by atoms with Gasteiger partial charge in [-0.3, -0.25) is 9.59 Å². The molecule has 1 aliphatic rings. The lowest BCUT2D eigenvalue weighted by atomic mass is 9.70. The van der Waals surface area contributed by atoms with E-state index in [4.69, 9.17) is 0 Å². The number of phenols is 1. The summed E-state index contributed by atoms with van der Waals surface area (Å²) in [4.78, 5) is 23.5. The topological polar surface area (TPSA) is 54.4 Å². The number of ketones is 2. The minimum Gasteiger partial charge on any atom is -0.507 e. The lowest BCUT2D eigenvalue weighted by Crippen LogP contribution is -2.29. The average Bonchev–Trinajstić information content (AvgIpc) is 2.27. The summed E-state index contributed by atoms with van der Waals surface area (Å²) in [5.41, 5.74) is 1.62. The molecule has 0 radical (unpaired) electrons. The largest absolute Gasteiger partial charge is 0.507 e. The number of rotatable bonds is 2. The summed E-state index contributed by atoms with van der Waals surface area (Å²) in [5, 5.41) is 9.93. The summed E-state index contributed by atoms with van der Waals surface area (Å²) in [5.74, 6) is -0.168. The molecule has 1 aromatic carbocycles. The first-order chi connectivity index (χ1) is 8.36. The third-order valence-electron chi connectivity index (χ3n) is 3.94. The molecule has 1 unspecified atom stereocenters. The molecule has 0 heterocycles. The van der Waals surface area contributed by atoms with Crippen LogP contribution in [-0.4, -0.2) is 16.7 Å². The van der Waals surface area contributed by atoms with Crippen LogP contribution in [0.2, 0.25) is 0 Å². The van der Waals surface area contributed by atoms with Gasteiger partial charge in [-0.25, -0.2) is 0 Å². The quantitative estimate of drug-likeness (QED) is 0.815. The Balaban J connectivity index is 2.57. The normalized spacial score (nSPS) is 22.7. The maximum absolute atomic E-state index is 12.1. The van der Waals surface area contributed by atoms with Gasteiger partial charge in [0.05, 0.1) is 5.56 Å². The van der Waals surface area contributed by atoms with Crippen LogP contribution in [0.4, 0.5) is 0 Å². The first-order valence-corrected chi connectivity index (χ1v) is 6.26. The van der Waals surface area contributed by atoms with Gasteiger partial charge in [-0.05, 0) is 42.9 Å². The molecule has 0 bridgehead atoms. The monoisotopic (exact) mass is 246 g/mol. The Morgan fingerprint density at radius 3 is 2.61 bits per heavy atom. The van der Waals surface area contributed by atoms with E-state index in [-0.39, 0.29) is 22.7 Å². The van der Waals surface area contributed by atoms with E-state index in [1.165, 1.54) is 13.0 Å². The Kier molecular flexibility index (Phi) is 3.01. The highest BCUT2D eigenvalue weighted by Crippen LogP contribution is 2.41. The second-order valence-electron chi connectivity index (χ2n) is 5.53. The van der Waals surface area contributed by atoms with E-state index >= 15 is 0 Å². The number of carbonyl (C=O) groups excluding carboxylic acids is 2. The van der Waals surface area contributed by atoms with Crippen LogP contribution in [-0.2, 0) is 6.42 Å². The fourth-order valence-corrected chi connectivity index (χ4v) is 2.60. The van der Waals surface area contributed by atoms with Gasteiger partial charge in [0, 0.05) is 12.0 Å². The van der Waals surface area contributed by atoms with Crippen molar-refractivity contribution in [3.8, 4) is 5.75 Å². The lowest BCUT2D eigenvalue weighted by molar-refractivity contribution is 0.0889. The maximum Gasteiger partial charge on any atom is 0.167 e. The lowest BCUT2D eigenvalue weighted by Gasteiger charge is -2.33. The molecule has 0 saturated heterocycles. The predicted octanol–water partition coefficient (Wildman–Crippen LogP) is 3.14. The van der Waals surface area contributed by atoms with E-state index in [0.29, 0.717) is 17.5 Å². The van der Waals surface area contributed by atoms with E-state index in [2.05, 4.69) is 13.8 Å². The molecule has 1 atom stereocenters. The highest BCUT2D eigenvalue weighted by molar-refractivity contribution is 6.03. The number of hydrogen-bond donors (Lipinski definition) is 1. The van der Waals surface area contributed by atoms with Crippen molar-refractivity contribution in [3.05, 3.63) is 28.8 Å². The van der Waals surface area contributed by atoms with E-state index in [1.54, 1.807) is 6.07 Å². The van der Waals surface area contributed by atoms with Crippen molar-refractivity contribution >= 4 is 11.6 Å². The molecular weight excluding hydrogens is 228 g/mol. The molecule has 1 aromatic rings. The van der Waals surface area contributed by atoms with Crippen LogP contribution in [0.5, 0.6) is 5.75 Å². The van der Waals surface area contributed by atoms with Gasteiger partial charge in [0.1, 0.15) is 5.75 Å². The molecule has 2 rings (SSSR count). The van der Waals surface area contributed by atoms with Crippen molar-refractivity contribution in [1.29, 1.82) is 0 Å². The summed E-state index contributed by atoms with van der Waals surface area (Å²) in [6.07, 6.45) is 2.10. The number of aromatic hydroxyl groups is 1. The SMILES string of the molecule is CCC1(C)CC(=O)c2c(O)cc(C(C)=O)cc2C1. The van der Waals surface area contributed by atoms with Crippen molar-refractivity contribution in [2.75, 3.05) is 0 Å². The number of hydrogen-bond acceptors (Lipinski definition) is 3. The Morgan fingerprint density at radius 1 is 1.39 bits per heavy atom. The van der Waals surface area contributed by atoms with E-state index in [9.17, 15) is 14.7 Å². The summed E-state index contributed by atoms with van der Waals surface area (Å²) in [7, 11) is 0. The summed E-state index contributed by atoms with van der Waals surface area (Å²) >= 11 is 0. The fraction of sp³-hybridized carbons (Fsp3) is 0.467. The molecule has 96 valence electrons. The summed E-state index contributed by atoms with van der Waals surface area (Å²) in [6, 6.07) is 3.15. The van der Waals surface area contributed by atoms with E-state index in [0.717, 1.165) is 18.4 Å². The average molecular weight is 246 g/mol. The standard InChI is InChI=1S/C15H18O3/c1-4-15(3)7-11-5-10(9(2)16)6-12(17)14(11)13(18)8-15/h5-6,17H,4,7-8H2,1-3H3. The number of benzene rings is 1. The third-order valence-corrected chi connectivity index (χ3v) is 3.94. The van der Waals surface area contributed by atoms with Crippen LogP contribution < -0.4 is 0 Å². The summed E-state index contributed by atoms with van der Waals surface area (Å²) < 4.78 is 0. The third kappa shape index (κ3) is 2.05. The smallest absolute Gasteiger partial charge is 0.167 e. The van der Waals surface area contributed by atoms with Crippen LogP contribution >= 0.6 is 0 Å². The zero-order chi connectivity index (χ0) is 13.5. The van der Waals surface area contributed by atoms with E-state index < -0.39 is 0 Å². The van der Waals surface area contributed by atoms with Gasteiger partial charge < -0.3 is 5.11 Å². The van der Waals surface area contributed by atoms with Crippen molar-refractivity contribution in [2.24, 2.45) is 5.41 Å². The molecule has 3 heteroatoms. The van der Waals surface area contributed by atoms with Crippen molar-refractivity contribution in [3.63, 3.8) is 0 Å². The molecular formula is C15H18O3. The van der Waals surface area contributed by atoms with Crippen LogP contribution in [0.25, 0.3) is 0 Å². The minimum absolute atomic E-state index is 0.0202. The fourth-order valence-electron chi connectivity index (χ4n) is 2.60. The molecule has 1 N–H and O–H groups in total. The van der Waals surface area contributed by atoms with Gasteiger partial charge in [0.2, 0.25) is 0 Å². The highest BCUT2D eigenvalue weighted by atomic mass is 16.3. The number of fused-ring (bicyclic) bond motifs is 1. The first kappa shape index (κ1) is 12.8. The van der Waals surface area contributed by atoms with Gasteiger partial charge in [-0.15, -0.1) is 0 Å². The van der Waals surface area contributed by atoms with Crippen molar-refractivity contribution < 1.29 is 14.7 Å². The molecule has 0 saturated carbocycles. The molecule has 0 amide bonds. The number of phenolic OH excluding ortho intramolecular Hbond substituents is 1. The van der Waals surface area contributed by atoms with Crippen LogP contribution in [0.15, 0.2) is 12.1 Å². The second-order valence-corrected chi connectivity index (χ2v) is 5.53. The summed E-state index contributed by atoms with van der Waals surface area (Å²) in [6.45, 7) is 5.60. The zero-order valence-electron chi connectivity index (χ0n) is 11.0. The zero-order valence-corrected chi connectivity index (χ0v) is 11.0. The van der Waals surface area contributed by atoms with Gasteiger partial charge in [-0.1, -0.05) is 13.8 Å². The Bertz CT molecular complexity index is 531. The Morgan fingerprint density at radius 2 is 2.06 bits per heavy atom. The van der Waals surface area contributed by atoms with Crippen molar-refractivity contribution in [1.82, 2.24) is 0 Å². The van der Waals surface area contributed by atoms with Crippen LogP contribution in [0.3, 0.4) is 0 Å². The highest BCUT2D eigenvalue weighted by Gasteiger charge is 2.35. The van der Waals surface area contributed by atoms with Gasteiger partial charge in [-0.2, -0.15) is 0 Å². The molecule has 3 nitrogen and oxygen atoms in total. The van der Waals surface area contributed by atoms with E-state index in [1.807, 2.05) is 0 Å². The molecule has 1 aliphatic carbocycles. The molecule has 0 spiro atoms. The van der Waals surface area contributed by atoms with Gasteiger partial charge >= 0.3 is 0 Å². The Hall–Kier alpha value is -1.64. The molecule has 0 aromatic heterocycles. The Labute approximate surface area is 107 Å². The molecule has 18 heavy (non-hydrogen) atoms. The van der Waals surface area contributed by atoms with Crippen LogP contribution in [0, 0.1) is 5.41 Å². The first-order valence-electron chi connectivity index (χ1n) is 6.26. The predicted molar refractivity (Wildman–Crippen MR) is 69.2 cm³/mol. The second kappa shape index (κ2) is 4.23. The van der Waals surface area contributed by atoms with Gasteiger partial charge in [0.15, 0.2) is 11.6 Å². The molecule has 0 aliphatic heterocycles. The van der Waals surface area contributed by atoms with Gasteiger partial charge in [0.25, 0.3) is 0 Å². The van der Waals surface area contributed by atoms with Crippen LogP contribution in [0.1, 0.15) is 59.9 Å². The number of Topliss-reactive ketones (excluding diaryl/α,β-unsaturated/α-hetero) is 2. The number of carbonyl (C=O) groups is 2. The maximum atomic E-state index is 12.1. The van der Waals surface area contributed by atoms with Crippen molar-refractivity contribution in [2.45, 2.75) is 40.0 Å². The minimum atomic E-state index is -0.0932.